The zero-order valence-electron chi connectivity index (χ0n) is 17.8. The Morgan fingerprint density at radius 1 is 1.19 bits per heavy atom. The first-order chi connectivity index (χ1) is 14.7. The maximum Gasteiger partial charge on any atom is 0.174 e. The van der Waals surface area contributed by atoms with Crippen molar-refractivity contribution in [3.05, 3.63) is 58.7 Å². The van der Waals surface area contributed by atoms with Crippen LogP contribution < -0.4 is 9.47 Å². The van der Waals surface area contributed by atoms with Gasteiger partial charge in [-0.25, -0.2) is 0 Å². The van der Waals surface area contributed by atoms with Crippen molar-refractivity contribution in [3.63, 3.8) is 0 Å². The number of ether oxygens (including phenoxy) is 2. The smallest absolute Gasteiger partial charge is 0.174 e. The van der Waals surface area contributed by atoms with Gasteiger partial charge < -0.3 is 24.8 Å². The Bertz CT molecular complexity index is 1110. The minimum Gasteiger partial charge on any atom is -0.508 e. The number of aromatic hydroxyl groups is 3. The number of Topliss-reactive ketones (excluding diaryl/α,β-unsaturated/α-hetero) is 1. The topological polar surface area (TPSA) is 96.2 Å². The molecule has 6 nitrogen and oxygen atoms in total. The highest BCUT2D eigenvalue weighted by Crippen LogP contribution is 2.46. The van der Waals surface area contributed by atoms with Gasteiger partial charge in [0.15, 0.2) is 5.78 Å². The summed E-state index contributed by atoms with van der Waals surface area (Å²) in [5.74, 6) is -0.194. The standard InChI is InChI=1S/C25H26O6/c1-14(2)5-4-9-25(3)10-8-17-20(31-25)7-6-16(24(17)29)21-13-19(28)23-18(27)11-15(26)12-22(23)30-21/h5-8,10-12,21,26-27,29H,4,9,13H2,1-3H3/t21-,25-/m0/s1. The molecule has 2 aromatic rings. The summed E-state index contributed by atoms with van der Waals surface area (Å²) in [5, 5.41) is 30.6. The summed E-state index contributed by atoms with van der Waals surface area (Å²) in [5.41, 5.74) is 1.82. The van der Waals surface area contributed by atoms with Gasteiger partial charge in [-0.3, -0.25) is 4.79 Å². The number of ketones is 1. The lowest BCUT2D eigenvalue weighted by Crippen LogP contribution is -2.31. The monoisotopic (exact) mass is 422 g/mol. The molecule has 31 heavy (non-hydrogen) atoms. The number of carbonyl (C=O) groups excluding carboxylic acids is 1. The van der Waals surface area contributed by atoms with E-state index in [1.165, 1.54) is 11.6 Å². The number of hydrogen-bond donors (Lipinski definition) is 3. The van der Waals surface area contributed by atoms with Crippen LogP contribution in [-0.4, -0.2) is 26.7 Å². The Morgan fingerprint density at radius 2 is 1.97 bits per heavy atom. The van der Waals surface area contributed by atoms with E-state index in [4.69, 9.17) is 9.47 Å². The van der Waals surface area contributed by atoms with E-state index in [1.807, 2.05) is 19.1 Å². The molecule has 2 heterocycles. The van der Waals surface area contributed by atoms with Gasteiger partial charge in [0.25, 0.3) is 0 Å². The molecule has 6 heteroatoms. The SMILES string of the molecule is CC(C)=CCC[C@@]1(C)C=Cc2c(ccc([C@@H]3CC(=O)c4c(O)cc(O)cc4O3)c2O)O1. The van der Waals surface area contributed by atoms with Crippen LogP contribution in [-0.2, 0) is 0 Å². The first kappa shape index (κ1) is 20.8. The molecular formula is C25H26O6. The van der Waals surface area contributed by atoms with E-state index in [2.05, 4.69) is 19.9 Å². The molecule has 0 saturated heterocycles. The van der Waals surface area contributed by atoms with Crippen molar-refractivity contribution >= 4 is 11.9 Å². The molecule has 0 amide bonds. The summed E-state index contributed by atoms with van der Waals surface area (Å²) < 4.78 is 12.0. The van der Waals surface area contributed by atoms with Crippen molar-refractivity contribution in [2.24, 2.45) is 0 Å². The summed E-state index contributed by atoms with van der Waals surface area (Å²) in [6.07, 6.45) is 6.87. The van der Waals surface area contributed by atoms with Gasteiger partial charge >= 0.3 is 0 Å². The van der Waals surface area contributed by atoms with Gasteiger partial charge in [-0.2, -0.15) is 0 Å². The highest BCUT2D eigenvalue weighted by atomic mass is 16.5. The van der Waals surface area contributed by atoms with Gasteiger partial charge in [0.2, 0.25) is 0 Å². The maximum absolute atomic E-state index is 12.6. The molecule has 0 bridgehead atoms. The van der Waals surface area contributed by atoms with Gasteiger partial charge in [0.05, 0.1) is 12.0 Å². The van der Waals surface area contributed by atoms with Crippen molar-refractivity contribution in [3.8, 4) is 28.7 Å². The van der Waals surface area contributed by atoms with Gasteiger partial charge in [-0.1, -0.05) is 11.6 Å². The summed E-state index contributed by atoms with van der Waals surface area (Å²) >= 11 is 0. The van der Waals surface area contributed by atoms with E-state index in [0.717, 1.165) is 18.9 Å². The van der Waals surface area contributed by atoms with Crippen molar-refractivity contribution in [1.82, 2.24) is 0 Å². The first-order valence-corrected chi connectivity index (χ1v) is 10.3. The predicted molar refractivity (Wildman–Crippen MR) is 117 cm³/mol. The second-order valence-electron chi connectivity index (χ2n) is 8.56. The van der Waals surface area contributed by atoms with Crippen LogP contribution in [0.25, 0.3) is 6.08 Å². The Balaban J connectivity index is 1.61. The third kappa shape index (κ3) is 3.98. The summed E-state index contributed by atoms with van der Waals surface area (Å²) in [6.45, 7) is 6.14. The van der Waals surface area contributed by atoms with Crippen LogP contribution in [0.15, 0.2) is 42.0 Å². The minimum atomic E-state index is -0.745. The van der Waals surface area contributed by atoms with Crippen molar-refractivity contribution in [2.45, 2.75) is 51.7 Å². The molecule has 0 saturated carbocycles. The van der Waals surface area contributed by atoms with Crippen molar-refractivity contribution < 1.29 is 29.6 Å². The molecule has 2 aromatic carbocycles. The summed E-state index contributed by atoms with van der Waals surface area (Å²) in [6, 6.07) is 5.86. The maximum atomic E-state index is 12.6. The van der Waals surface area contributed by atoms with E-state index in [1.54, 1.807) is 12.1 Å². The third-order valence-electron chi connectivity index (χ3n) is 5.68. The van der Waals surface area contributed by atoms with Crippen LogP contribution in [0.5, 0.6) is 28.7 Å². The van der Waals surface area contributed by atoms with E-state index in [0.29, 0.717) is 16.9 Å². The van der Waals surface area contributed by atoms with Crippen LogP contribution in [0, 0.1) is 0 Å². The Kier molecular flexibility index (Phi) is 5.17. The largest absolute Gasteiger partial charge is 0.508 e. The van der Waals surface area contributed by atoms with Crippen molar-refractivity contribution in [2.75, 3.05) is 0 Å². The average molecular weight is 422 g/mol. The van der Waals surface area contributed by atoms with Gasteiger partial charge in [0.1, 0.15) is 46.0 Å². The Hall–Kier alpha value is -3.41. The lowest BCUT2D eigenvalue weighted by molar-refractivity contribution is 0.0841. The second-order valence-corrected chi connectivity index (χ2v) is 8.56. The summed E-state index contributed by atoms with van der Waals surface area (Å²) in [4.78, 5) is 12.6. The number of hydrogen-bond acceptors (Lipinski definition) is 6. The molecule has 4 rings (SSSR count). The van der Waals surface area contributed by atoms with Crippen LogP contribution in [0.1, 0.15) is 67.6 Å². The fourth-order valence-corrected chi connectivity index (χ4v) is 4.04. The molecule has 3 N–H and O–H groups in total. The Morgan fingerprint density at radius 3 is 2.71 bits per heavy atom. The highest BCUT2D eigenvalue weighted by molar-refractivity contribution is 6.02. The molecule has 0 aliphatic carbocycles. The molecular weight excluding hydrogens is 396 g/mol. The van der Waals surface area contributed by atoms with Crippen LogP contribution in [0.2, 0.25) is 0 Å². The average Bonchev–Trinajstić information content (AvgIpc) is 2.66. The number of allylic oxidation sites excluding steroid dienone is 2. The zero-order valence-corrected chi connectivity index (χ0v) is 17.8. The second kappa shape index (κ2) is 7.69. The minimum absolute atomic E-state index is 0.00859. The molecule has 0 unspecified atom stereocenters. The first-order valence-electron chi connectivity index (χ1n) is 10.3. The summed E-state index contributed by atoms with van der Waals surface area (Å²) in [7, 11) is 0. The lowest BCUT2D eigenvalue weighted by atomic mass is 9.91. The molecule has 2 atom stereocenters. The number of fused-ring (bicyclic) bond motifs is 2. The van der Waals surface area contributed by atoms with Gasteiger partial charge in [-0.05, 0) is 57.9 Å². The zero-order chi connectivity index (χ0) is 22.3. The van der Waals surface area contributed by atoms with E-state index >= 15 is 0 Å². The third-order valence-corrected chi connectivity index (χ3v) is 5.68. The van der Waals surface area contributed by atoms with E-state index in [-0.39, 0.29) is 40.8 Å². The molecule has 0 spiro atoms. The van der Waals surface area contributed by atoms with Crippen LogP contribution in [0.4, 0.5) is 0 Å². The van der Waals surface area contributed by atoms with Gasteiger partial charge in [0, 0.05) is 17.7 Å². The number of phenols is 3. The molecule has 0 fully saturated rings. The van der Waals surface area contributed by atoms with Crippen molar-refractivity contribution in [1.29, 1.82) is 0 Å². The number of phenolic OH excluding ortho intramolecular Hbond substituents is 3. The highest BCUT2D eigenvalue weighted by Gasteiger charge is 2.34. The number of carbonyl (C=O) groups is 1. The lowest BCUT2D eigenvalue weighted by Gasteiger charge is -2.33. The van der Waals surface area contributed by atoms with Gasteiger partial charge in [-0.15, -0.1) is 0 Å². The fraction of sp³-hybridized carbons (Fsp3) is 0.320. The predicted octanol–water partition coefficient (Wildman–Crippen LogP) is 5.42. The molecule has 0 aromatic heterocycles. The number of benzene rings is 2. The normalized spacial score (nSPS) is 21.5. The van der Waals surface area contributed by atoms with Crippen LogP contribution in [0.3, 0.4) is 0 Å². The Labute approximate surface area is 181 Å². The molecule has 0 radical (unpaired) electrons. The number of rotatable bonds is 4. The van der Waals surface area contributed by atoms with E-state index < -0.39 is 11.7 Å². The molecule has 2 aliphatic heterocycles. The fourth-order valence-electron chi connectivity index (χ4n) is 4.04. The molecule has 162 valence electrons. The molecule has 2 aliphatic rings. The van der Waals surface area contributed by atoms with E-state index in [9.17, 15) is 20.1 Å². The quantitative estimate of drug-likeness (QED) is 0.569. The van der Waals surface area contributed by atoms with Crippen LogP contribution >= 0.6 is 0 Å².